The second-order valence-corrected chi connectivity index (χ2v) is 9.49. The lowest BCUT2D eigenvalue weighted by Gasteiger charge is -2.42. The number of likely N-dealkylation sites (tertiary alicyclic amines) is 1. The molecule has 2 amide bonds. The van der Waals surface area contributed by atoms with E-state index in [4.69, 9.17) is 4.74 Å². The van der Waals surface area contributed by atoms with Gasteiger partial charge in [0.15, 0.2) is 0 Å². The van der Waals surface area contributed by atoms with Gasteiger partial charge in [-0.05, 0) is 54.4 Å². The Balaban J connectivity index is 1.47. The Morgan fingerprint density at radius 1 is 1.00 bits per heavy atom. The van der Waals surface area contributed by atoms with E-state index in [0.29, 0.717) is 25.8 Å². The first-order valence-electron chi connectivity index (χ1n) is 12.6. The van der Waals surface area contributed by atoms with Crippen LogP contribution in [-0.2, 0) is 14.3 Å². The third-order valence-electron chi connectivity index (χ3n) is 7.60. The number of ether oxygens (including phenoxy) is 1. The number of piperidine rings is 1. The van der Waals surface area contributed by atoms with Gasteiger partial charge in [-0.3, -0.25) is 9.59 Å². The number of carbonyl (C=O) groups is 3. The Morgan fingerprint density at radius 2 is 1.60 bits per heavy atom. The number of hydrogen-bond donors (Lipinski definition) is 2. The van der Waals surface area contributed by atoms with Crippen LogP contribution in [0, 0.1) is 0 Å². The standard InChI is InChI=1S/C28H34N2O5/c1-3-28(4-2,26(33)30-16-10-9-11-19(30)17-25(31)32)29-27(34)35-18-24-22-14-7-5-12-20(22)21-13-6-8-15-23(21)24/h5-8,12-15,19,24H,3-4,9-11,16-18H2,1-2H3,(H,29,34)(H,31,32)/t19-/m1/s1. The summed E-state index contributed by atoms with van der Waals surface area (Å²) in [6, 6.07) is 15.9. The molecule has 2 aliphatic rings. The summed E-state index contributed by atoms with van der Waals surface area (Å²) >= 11 is 0. The van der Waals surface area contributed by atoms with E-state index in [1.165, 1.54) is 0 Å². The van der Waals surface area contributed by atoms with Crippen molar-refractivity contribution in [2.45, 2.75) is 69.9 Å². The molecule has 1 heterocycles. The number of carboxylic acid groups (broad SMARTS) is 1. The van der Waals surface area contributed by atoms with Crippen LogP contribution in [0.2, 0.25) is 0 Å². The molecule has 1 aliphatic carbocycles. The molecule has 0 spiro atoms. The minimum Gasteiger partial charge on any atom is -0.481 e. The van der Waals surface area contributed by atoms with E-state index in [2.05, 4.69) is 29.6 Å². The quantitative estimate of drug-likeness (QED) is 0.560. The summed E-state index contributed by atoms with van der Waals surface area (Å²) in [6.45, 7) is 4.40. The van der Waals surface area contributed by atoms with Crippen LogP contribution >= 0.6 is 0 Å². The number of benzene rings is 2. The minimum absolute atomic E-state index is 0.0662. The fraction of sp³-hybridized carbons (Fsp3) is 0.464. The largest absolute Gasteiger partial charge is 0.481 e. The SMILES string of the molecule is CCC(CC)(NC(=O)OCC1c2ccccc2-c2ccccc21)C(=O)N1CCCC[C@@H]1CC(=O)O. The zero-order valence-electron chi connectivity index (χ0n) is 20.5. The van der Waals surface area contributed by atoms with Crippen LogP contribution in [0.1, 0.15) is 69.4 Å². The van der Waals surface area contributed by atoms with Crippen molar-refractivity contribution < 1.29 is 24.2 Å². The van der Waals surface area contributed by atoms with Crippen LogP contribution in [0.4, 0.5) is 4.79 Å². The second kappa shape index (κ2) is 10.5. The Hall–Kier alpha value is -3.35. The van der Waals surface area contributed by atoms with Gasteiger partial charge in [-0.1, -0.05) is 62.4 Å². The molecule has 2 aromatic rings. The highest BCUT2D eigenvalue weighted by molar-refractivity contribution is 5.90. The van der Waals surface area contributed by atoms with Crippen molar-refractivity contribution in [2.75, 3.05) is 13.2 Å². The Bertz CT molecular complexity index is 1050. The van der Waals surface area contributed by atoms with Gasteiger partial charge in [-0.25, -0.2) is 4.79 Å². The number of nitrogens with one attached hydrogen (secondary N) is 1. The number of carboxylic acids is 1. The van der Waals surface area contributed by atoms with Gasteiger partial charge in [0.25, 0.3) is 0 Å². The highest BCUT2D eigenvalue weighted by Crippen LogP contribution is 2.44. The van der Waals surface area contributed by atoms with Crippen LogP contribution in [0.25, 0.3) is 11.1 Å². The predicted molar refractivity (Wildman–Crippen MR) is 133 cm³/mol. The first-order chi connectivity index (χ1) is 16.9. The fourth-order valence-corrected chi connectivity index (χ4v) is 5.57. The van der Waals surface area contributed by atoms with Crippen molar-refractivity contribution in [1.29, 1.82) is 0 Å². The van der Waals surface area contributed by atoms with E-state index in [1.807, 2.05) is 38.1 Å². The van der Waals surface area contributed by atoms with E-state index >= 15 is 0 Å². The van der Waals surface area contributed by atoms with Gasteiger partial charge in [-0.2, -0.15) is 0 Å². The van der Waals surface area contributed by atoms with Crippen molar-refractivity contribution in [3.8, 4) is 11.1 Å². The lowest BCUT2D eigenvalue weighted by Crippen LogP contribution is -2.62. The molecule has 0 unspecified atom stereocenters. The lowest BCUT2D eigenvalue weighted by molar-refractivity contribution is -0.146. The summed E-state index contributed by atoms with van der Waals surface area (Å²) in [6.07, 6.45) is 2.46. The zero-order chi connectivity index (χ0) is 25.0. The van der Waals surface area contributed by atoms with Gasteiger partial charge >= 0.3 is 12.1 Å². The molecular weight excluding hydrogens is 444 g/mol. The van der Waals surface area contributed by atoms with Gasteiger partial charge in [0, 0.05) is 18.5 Å². The highest BCUT2D eigenvalue weighted by atomic mass is 16.5. The first kappa shape index (κ1) is 24.8. The molecule has 0 radical (unpaired) electrons. The normalized spacial score (nSPS) is 17.4. The molecule has 7 heteroatoms. The molecule has 1 fully saturated rings. The van der Waals surface area contributed by atoms with Crippen molar-refractivity contribution in [3.63, 3.8) is 0 Å². The summed E-state index contributed by atoms with van der Waals surface area (Å²) < 4.78 is 5.71. The molecule has 1 atom stereocenters. The topological polar surface area (TPSA) is 95.9 Å². The van der Waals surface area contributed by atoms with E-state index in [9.17, 15) is 19.5 Å². The second-order valence-electron chi connectivity index (χ2n) is 9.49. The van der Waals surface area contributed by atoms with Crippen LogP contribution in [-0.4, -0.2) is 52.7 Å². The first-order valence-corrected chi connectivity index (χ1v) is 12.6. The van der Waals surface area contributed by atoms with E-state index in [1.54, 1.807) is 4.90 Å². The van der Waals surface area contributed by atoms with Crippen molar-refractivity contribution in [1.82, 2.24) is 10.2 Å². The van der Waals surface area contributed by atoms with Gasteiger partial charge < -0.3 is 20.1 Å². The smallest absolute Gasteiger partial charge is 0.408 e. The molecule has 186 valence electrons. The van der Waals surface area contributed by atoms with E-state index in [-0.39, 0.29) is 30.9 Å². The summed E-state index contributed by atoms with van der Waals surface area (Å²) in [4.78, 5) is 39.7. The third kappa shape index (κ3) is 4.90. The number of alkyl carbamates (subject to hydrolysis) is 1. The summed E-state index contributed by atoms with van der Waals surface area (Å²) in [7, 11) is 0. The molecule has 0 aromatic heterocycles. The van der Waals surface area contributed by atoms with Gasteiger partial charge in [0.05, 0.1) is 6.42 Å². The summed E-state index contributed by atoms with van der Waals surface area (Å²) in [5.41, 5.74) is 3.42. The van der Waals surface area contributed by atoms with E-state index in [0.717, 1.165) is 35.1 Å². The van der Waals surface area contributed by atoms with Crippen LogP contribution in [0.5, 0.6) is 0 Å². The lowest BCUT2D eigenvalue weighted by atomic mass is 9.88. The Labute approximate surface area is 206 Å². The number of rotatable bonds is 8. The van der Waals surface area contributed by atoms with Crippen LogP contribution in [0.15, 0.2) is 48.5 Å². The number of aliphatic carboxylic acids is 1. The molecule has 2 aromatic carbocycles. The molecule has 7 nitrogen and oxygen atoms in total. The molecule has 35 heavy (non-hydrogen) atoms. The Kier molecular flexibility index (Phi) is 7.43. The molecule has 1 aliphatic heterocycles. The number of nitrogens with zero attached hydrogens (tertiary/aromatic N) is 1. The highest BCUT2D eigenvalue weighted by Gasteiger charge is 2.43. The van der Waals surface area contributed by atoms with Crippen LogP contribution < -0.4 is 5.32 Å². The molecule has 0 saturated carbocycles. The maximum Gasteiger partial charge on any atom is 0.408 e. The minimum atomic E-state index is -1.13. The average Bonchev–Trinajstić information content (AvgIpc) is 3.19. The van der Waals surface area contributed by atoms with Crippen LogP contribution in [0.3, 0.4) is 0 Å². The van der Waals surface area contributed by atoms with E-state index < -0.39 is 17.6 Å². The maximum atomic E-state index is 13.7. The van der Waals surface area contributed by atoms with Gasteiger partial charge in [0.2, 0.25) is 5.91 Å². The monoisotopic (exact) mass is 478 g/mol. The predicted octanol–water partition coefficient (Wildman–Crippen LogP) is 4.94. The Morgan fingerprint density at radius 3 is 2.17 bits per heavy atom. The molecule has 0 bridgehead atoms. The summed E-state index contributed by atoms with van der Waals surface area (Å²) in [5, 5.41) is 12.2. The van der Waals surface area contributed by atoms with Crippen molar-refractivity contribution >= 4 is 18.0 Å². The number of carbonyl (C=O) groups excluding carboxylic acids is 2. The van der Waals surface area contributed by atoms with Crippen molar-refractivity contribution in [2.24, 2.45) is 0 Å². The molecule has 2 N–H and O–H groups in total. The van der Waals surface area contributed by atoms with Crippen molar-refractivity contribution in [3.05, 3.63) is 59.7 Å². The maximum absolute atomic E-state index is 13.7. The molecule has 1 saturated heterocycles. The van der Waals surface area contributed by atoms with Gasteiger partial charge in [-0.15, -0.1) is 0 Å². The zero-order valence-corrected chi connectivity index (χ0v) is 20.5. The molecule has 4 rings (SSSR count). The summed E-state index contributed by atoms with van der Waals surface area (Å²) in [5.74, 6) is -1.21. The number of amides is 2. The average molecular weight is 479 g/mol. The third-order valence-corrected chi connectivity index (χ3v) is 7.60. The fourth-order valence-electron chi connectivity index (χ4n) is 5.57. The number of hydrogen-bond acceptors (Lipinski definition) is 4. The number of fused-ring (bicyclic) bond motifs is 3. The molecular formula is C28H34N2O5. The van der Waals surface area contributed by atoms with Gasteiger partial charge in [0.1, 0.15) is 12.1 Å².